The van der Waals surface area contributed by atoms with E-state index in [4.69, 9.17) is 11.6 Å². The standard InChI is InChI=1S/C13H18ClN5O/c1-8(2)18-6-11(5-15-18)16-12(20)7-19-10(4)13(14)9(3)17-19/h5-6,8H,7H2,1-4H3,(H,16,20). The highest BCUT2D eigenvalue weighted by molar-refractivity contribution is 6.31. The summed E-state index contributed by atoms with van der Waals surface area (Å²) in [6.07, 6.45) is 3.43. The highest BCUT2D eigenvalue weighted by Crippen LogP contribution is 2.18. The summed E-state index contributed by atoms with van der Waals surface area (Å²) in [4.78, 5) is 12.0. The van der Waals surface area contributed by atoms with E-state index in [0.717, 1.165) is 11.4 Å². The lowest BCUT2D eigenvalue weighted by molar-refractivity contribution is -0.116. The van der Waals surface area contributed by atoms with Crippen molar-refractivity contribution in [1.82, 2.24) is 19.6 Å². The first-order valence-corrected chi connectivity index (χ1v) is 6.79. The van der Waals surface area contributed by atoms with Crippen LogP contribution in [0.1, 0.15) is 31.3 Å². The Morgan fingerprint density at radius 2 is 2.15 bits per heavy atom. The van der Waals surface area contributed by atoms with Gasteiger partial charge in [0, 0.05) is 12.2 Å². The number of hydrogen-bond acceptors (Lipinski definition) is 3. The van der Waals surface area contributed by atoms with E-state index in [2.05, 4.69) is 15.5 Å². The van der Waals surface area contributed by atoms with E-state index in [0.29, 0.717) is 10.7 Å². The van der Waals surface area contributed by atoms with Crippen LogP contribution in [0.4, 0.5) is 5.69 Å². The zero-order valence-electron chi connectivity index (χ0n) is 12.0. The third-order valence-corrected chi connectivity index (χ3v) is 3.55. The van der Waals surface area contributed by atoms with Gasteiger partial charge in [-0.1, -0.05) is 11.6 Å². The number of nitrogens with zero attached hydrogens (tertiary/aromatic N) is 4. The number of aromatic nitrogens is 4. The molecule has 0 saturated carbocycles. The minimum atomic E-state index is -0.157. The number of carbonyl (C=O) groups excluding carboxylic acids is 1. The predicted molar refractivity (Wildman–Crippen MR) is 78.0 cm³/mol. The summed E-state index contributed by atoms with van der Waals surface area (Å²) in [5, 5.41) is 11.8. The highest BCUT2D eigenvalue weighted by atomic mass is 35.5. The molecule has 2 aromatic heterocycles. The van der Waals surface area contributed by atoms with Gasteiger partial charge in [-0.2, -0.15) is 10.2 Å². The molecule has 1 amide bonds. The second kappa shape index (κ2) is 5.66. The lowest BCUT2D eigenvalue weighted by Gasteiger charge is -2.05. The fraction of sp³-hybridized carbons (Fsp3) is 0.462. The van der Waals surface area contributed by atoms with Crippen molar-refractivity contribution in [2.75, 3.05) is 5.32 Å². The van der Waals surface area contributed by atoms with Crippen LogP contribution >= 0.6 is 11.6 Å². The van der Waals surface area contributed by atoms with Gasteiger partial charge in [0.1, 0.15) is 6.54 Å². The molecule has 0 saturated heterocycles. The average molecular weight is 296 g/mol. The van der Waals surface area contributed by atoms with Crippen LogP contribution in [0.5, 0.6) is 0 Å². The van der Waals surface area contributed by atoms with Crippen molar-refractivity contribution in [2.24, 2.45) is 0 Å². The van der Waals surface area contributed by atoms with Gasteiger partial charge in [0.25, 0.3) is 0 Å². The summed E-state index contributed by atoms with van der Waals surface area (Å²) in [5.74, 6) is -0.157. The zero-order valence-corrected chi connectivity index (χ0v) is 12.8. The van der Waals surface area contributed by atoms with Gasteiger partial charge in [-0.15, -0.1) is 0 Å². The smallest absolute Gasteiger partial charge is 0.246 e. The molecule has 0 bridgehead atoms. The molecule has 7 heteroatoms. The summed E-state index contributed by atoms with van der Waals surface area (Å²) < 4.78 is 3.38. The fourth-order valence-electron chi connectivity index (χ4n) is 1.85. The maximum absolute atomic E-state index is 12.0. The summed E-state index contributed by atoms with van der Waals surface area (Å²) in [5.41, 5.74) is 2.19. The lowest BCUT2D eigenvalue weighted by Crippen LogP contribution is -2.20. The Kier molecular flexibility index (Phi) is 4.13. The molecule has 0 aliphatic rings. The number of nitrogens with one attached hydrogen (secondary N) is 1. The number of amides is 1. The van der Waals surface area contributed by atoms with Crippen LogP contribution in [0, 0.1) is 13.8 Å². The van der Waals surface area contributed by atoms with Crippen molar-refractivity contribution in [3.63, 3.8) is 0 Å². The molecule has 0 aliphatic carbocycles. The Hall–Kier alpha value is -1.82. The SMILES string of the molecule is Cc1nn(CC(=O)Nc2cnn(C(C)C)c2)c(C)c1Cl. The summed E-state index contributed by atoms with van der Waals surface area (Å²) in [7, 11) is 0. The number of carbonyl (C=O) groups is 1. The second-order valence-electron chi connectivity index (χ2n) is 4.99. The Bertz CT molecular complexity index is 629. The van der Waals surface area contributed by atoms with Crippen molar-refractivity contribution in [3.05, 3.63) is 28.8 Å². The van der Waals surface area contributed by atoms with Crippen LogP contribution in [0.2, 0.25) is 5.02 Å². The van der Waals surface area contributed by atoms with Crippen molar-refractivity contribution in [3.8, 4) is 0 Å². The number of rotatable bonds is 4. The maximum Gasteiger partial charge on any atom is 0.246 e. The summed E-state index contributed by atoms with van der Waals surface area (Å²) in [6, 6.07) is 0.260. The zero-order chi connectivity index (χ0) is 14.9. The van der Waals surface area contributed by atoms with Gasteiger partial charge in [-0.05, 0) is 27.7 Å². The van der Waals surface area contributed by atoms with Gasteiger partial charge in [-0.25, -0.2) is 0 Å². The van der Waals surface area contributed by atoms with Gasteiger partial charge < -0.3 is 5.32 Å². The van der Waals surface area contributed by atoms with Gasteiger partial charge in [-0.3, -0.25) is 14.2 Å². The molecule has 2 rings (SSSR count). The molecule has 2 heterocycles. The molecule has 1 N–H and O–H groups in total. The number of anilines is 1. The molecular formula is C13H18ClN5O. The molecule has 0 atom stereocenters. The van der Waals surface area contributed by atoms with Crippen LogP contribution in [0.15, 0.2) is 12.4 Å². The molecule has 20 heavy (non-hydrogen) atoms. The van der Waals surface area contributed by atoms with E-state index in [1.54, 1.807) is 21.8 Å². The average Bonchev–Trinajstić information content (AvgIpc) is 2.92. The van der Waals surface area contributed by atoms with Crippen LogP contribution in [0.3, 0.4) is 0 Å². The maximum atomic E-state index is 12.0. The van der Waals surface area contributed by atoms with Gasteiger partial charge in [0.2, 0.25) is 5.91 Å². The lowest BCUT2D eigenvalue weighted by atomic mass is 10.4. The van der Waals surface area contributed by atoms with E-state index < -0.39 is 0 Å². The fourth-order valence-corrected chi connectivity index (χ4v) is 1.99. The first-order chi connectivity index (χ1) is 9.38. The normalized spacial score (nSPS) is 11.1. The first-order valence-electron chi connectivity index (χ1n) is 6.42. The van der Waals surface area contributed by atoms with Crippen molar-refractivity contribution < 1.29 is 4.79 Å². The minimum Gasteiger partial charge on any atom is -0.322 e. The third kappa shape index (κ3) is 3.01. The second-order valence-corrected chi connectivity index (χ2v) is 5.37. The molecule has 108 valence electrons. The van der Waals surface area contributed by atoms with E-state index in [1.807, 2.05) is 27.7 Å². The highest BCUT2D eigenvalue weighted by Gasteiger charge is 2.13. The van der Waals surface area contributed by atoms with Gasteiger partial charge >= 0.3 is 0 Å². The quantitative estimate of drug-likeness (QED) is 0.943. The molecular weight excluding hydrogens is 278 g/mol. The van der Waals surface area contributed by atoms with Crippen LogP contribution < -0.4 is 5.32 Å². The van der Waals surface area contributed by atoms with Crippen LogP contribution in [0.25, 0.3) is 0 Å². The number of aryl methyl sites for hydroxylation is 1. The van der Waals surface area contributed by atoms with E-state index in [1.165, 1.54) is 0 Å². The van der Waals surface area contributed by atoms with Crippen molar-refractivity contribution in [1.29, 1.82) is 0 Å². The molecule has 0 unspecified atom stereocenters. The van der Waals surface area contributed by atoms with Crippen molar-refractivity contribution >= 4 is 23.2 Å². The molecule has 0 aliphatic heterocycles. The first kappa shape index (κ1) is 14.6. The van der Waals surface area contributed by atoms with E-state index in [9.17, 15) is 4.79 Å². The van der Waals surface area contributed by atoms with Crippen LogP contribution in [-0.4, -0.2) is 25.5 Å². The largest absolute Gasteiger partial charge is 0.322 e. The molecule has 0 aromatic carbocycles. The molecule has 0 fully saturated rings. The van der Waals surface area contributed by atoms with Crippen LogP contribution in [-0.2, 0) is 11.3 Å². The molecule has 0 spiro atoms. The third-order valence-electron chi connectivity index (χ3n) is 3.00. The Balaban J connectivity index is 2.03. The topological polar surface area (TPSA) is 64.7 Å². The Morgan fingerprint density at radius 1 is 1.45 bits per heavy atom. The minimum absolute atomic E-state index is 0.131. The van der Waals surface area contributed by atoms with E-state index >= 15 is 0 Å². The van der Waals surface area contributed by atoms with Crippen molar-refractivity contribution in [2.45, 2.75) is 40.3 Å². The molecule has 6 nitrogen and oxygen atoms in total. The summed E-state index contributed by atoms with van der Waals surface area (Å²) >= 11 is 6.05. The molecule has 2 aromatic rings. The van der Waals surface area contributed by atoms with Gasteiger partial charge in [0.15, 0.2) is 0 Å². The Labute approximate surface area is 122 Å². The monoisotopic (exact) mass is 295 g/mol. The number of halogens is 1. The van der Waals surface area contributed by atoms with Gasteiger partial charge in [0.05, 0.1) is 28.3 Å². The number of hydrogen-bond donors (Lipinski definition) is 1. The predicted octanol–water partition coefficient (Wildman–Crippen LogP) is 2.57. The summed E-state index contributed by atoms with van der Waals surface area (Å²) in [6.45, 7) is 7.84. The Morgan fingerprint density at radius 3 is 2.65 bits per heavy atom. The van der Waals surface area contributed by atoms with E-state index in [-0.39, 0.29) is 18.5 Å². The molecule has 0 radical (unpaired) electrons.